The molecule has 1 N–H and O–H groups in total. The van der Waals surface area contributed by atoms with Gasteiger partial charge in [-0.3, -0.25) is 4.99 Å². The summed E-state index contributed by atoms with van der Waals surface area (Å²) in [4.78, 5) is 6.72. The van der Waals surface area contributed by atoms with E-state index in [1.807, 2.05) is 25.2 Å². The molecule has 5 heteroatoms. The molecule has 0 atom stereocenters. The second-order valence-electron chi connectivity index (χ2n) is 6.34. The lowest BCUT2D eigenvalue weighted by Gasteiger charge is -2.30. The zero-order valence-corrected chi connectivity index (χ0v) is 16.2. The van der Waals surface area contributed by atoms with Crippen molar-refractivity contribution in [2.75, 3.05) is 34.4 Å². The number of hydrogen-bond acceptors (Lipinski definition) is 3. The molecule has 0 bridgehead atoms. The largest absolute Gasteiger partial charge is 0.493 e. The predicted molar refractivity (Wildman–Crippen MR) is 110 cm³/mol. The molecule has 5 nitrogen and oxygen atoms in total. The van der Waals surface area contributed by atoms with Crippen molar-refractivity contribution in [1.29, 1.82) is 0 Å². The maximum atomic E-state index is 5.51. The molecule has 2 aromatic rings. The highest BCUT2D eigenvalue weighted by Crippen LogP contribution is 2.30. The monoisotopic (exact) mass is 365 g/mol. The predicted octanol–water partition coefficient (Wildman–Crippen LogP) is 3.57. The molecule has 0 fully saturated rings. The summed E-state index contributed by atoms with van der Waals surface area (Å²) in [5.41, 5.74) is 3.74. The Morgan fingerprint density at radius 2 is 1.89 bits per heavy atom. The topological polar surface area (TPSA) is 46.1 Å². The summed E-state index contributed by atoms with van der Waals surface area (Å²) in [6.45, 7) is 2.41. The third-order valence-corrected chi connectivity index (χ3v) is 4.79. The Labute approximate surface area is 161 Å². The third kappa shape index (κ3) is 4.42. The van der Waals surface area contributed by atoms with E-state index < -0.39 is 0 Å². The number of nitrogens with one attached hydrogen (secondary N) is 1. The maximum absolute atomic E-state index is 5.51. The quantitative estimate of drug-likeness (QED) is 0.650. The van der Waals surface area contributed by atoms with Crippen LogP contribution in [0.5, 0.6) is 11.5 Å². The number of ether oxygens (including phenoxy) is 2. The molecule has 0 spiro atoms. The van der Waals surface area contributed by atoms with Gasteiger partial charge in [0.2, 0.25) is 0 Å². The van der Waals surface area contributed by atoms with E-state index in [-0.39, 0.29) is 0 Å². The summed E-state index contributed by atoms with van der Waals surface area (Å²) in [5, 5.41) is 3.45. The van der Waals surface area contributed by atoms with E-state index in [4.69, 9.17) is 9.47 Å². The number of rotatable bonds is 5. The number of aliphatic imine (C=N–C) groups is 1. The van der Waals surface area contributed by atoms with Crippen LogP contribution in [-0.2, 0) is 6.54 Å². The van der Waals surface area contributed by atoms with Gasteiger partial charge in [-0.05, 0) is 23.6 Å². The molecule has 1 aliphatic rings. The first-order chi connectivity index (χ1) is 13.3. The Balaban J connectivity index is 1.65. The average molecular weight is 365 g/mol. The van der Waals surface area contributed by atoms with Crippen molar-refractivity contribution in [1.82, 2.24) is 10.2 Å². The molecule has 0 aromatic heterocycles. The van der Waals surface area contributed by atoms with Gasteiger partial charge in [0.1, 0.15) is 0 Å². The van der Waals surface area contributed by atoms with Crippen LogP contribution < -0.4 is 14.8 Å². The van der Waals surface area contributed by atoms with E-state index in [1.54, 1.807) is 14.2 Å². The van der Waals surface area contributed by atoms with Gasteiger partial charge in [-0.1, -0.05) is 48.5 Å². The van der Waals surface area contributed by atoms with Crippen molar-refractivity contribution >= 4 is 11.5 Å². The fourth-order valence-corrected chi connectivity index (χ4v) is 3.38. The fraction of sp³-hybridized carbons (Fsp3) is 0.318. The molecule has 0 radical (unpaired) electrons. The van der Waals surface area contributed by atoms with Gasteiger partial charge in [-0.15, -0.1) is 0 Å². The number of methoxy groups -OCH3 is 2. The number of para-hydroxylation sites is 1. The van der Waals surface area contributed by atoms with Crippen molar-refractivity contribution in [3.8, 4) is 11.5 Å². The molecule has 0 saturated heterocycles. The van der Waals surface area contributed by atoms with Crippen molar-refractivity contribution in [3.63, 3.8) is 0 Å². The summed E-state index contributed by atoms with van der Waals surface area (Å²) in [6, 6.07) is 16.5. The highest BCUT2D eigenvalue weighted by Gasteiger charge is 2.17. The van der Waals surface area contributed by atoms with Crippen LogP contribution in [0.1, 0.15) is 17.5 Å². The molecule has 2 aromatic carbocycles. The summed E-state index contributed by atoms with van der Waals surface area (Å²) in [6.07, 6.45) is 3.30. The lowest BCUT2D eigenvalue weighted by atomic mass is 10.00. The van der Waals surface area contributed by atoms with Crippen LogP contribution in [0.4, 0.5) is 0 Å². The zero-order chi connectivity index (χ0) is 19.1. The molecule has 0 saturated carbocycles. The Morgan fingerprint density at radius 1 is 1.07 bits per heavy atom. The van der Waals surface area contributed by atoms with Gasteiger partial charge in [0.15, 0.2) is 17.5 Å². The number of hydrogen-bond donors (Lipinski definition) is 1. The Morgan fingerprint density at radius 3 is 2.52 bits per heavy atom. The molecule has 0 unspecified atom stereocenters. The molecule has 27 heavy (non-hydrogen) atoms. The first kappa shape index (κ1) is 18.8. The van der Waals surface area contributed by atoms with Crippen LogP contribution in [0, 0.1) is 0 Å². The van der Waals surface area contributed by atoms with Crippen LogP contribution in [-0.4, -0.2) is 45.2 Å². The van der Waals surface area contributed by atoms with Gasteiger partial charge in [0, 0.05) is 32.2 Å². The third-order valence-electron chi connectivity index (χ3n) is 4.79. The molecular formula is C22H27N3O2. The number of guanidine groups is 1. The summed E-state index contributed by atoms with van der Waals surface area (Å²) in [5.74, 6) is 2.39. The molecule has 1 heterocycles. The van der Waals surface area contributed by atoms with Crippen LogP contribution in [0.3, 0.4) is 0 Å². The minimum absolute atomic E-state index is 0.624. The van der Waals surface area contributed by atoms with Crippen LogP contribution >= 0.6 is 0 Å². The van der Waals surface area contributed by atoms with Crippen molar-refractivity contribution in [3.05, 3.63) is 65.7 Å². The first-order valence-electron chi connectivity index (χ1n) is 9.16. The van der Waals surface area contributed by atoms with E-state index in [2.05, 4.69) is 51.6 Å². The van der Waals surface area contributed by atoms with Gasteiger partial charge >= 0.3 is 0 Å². The zero-order valence-electron chi connectivity index (χ0n) is 16.2. The Bertz CT molecular complexity index is 816. The minimum atomic E-state index is 0.624. The smallest absolute Gasteiger partial charge is 0.194 e. The van der Waals surface area contributed by atoms with Gasteiger partial charge in [-0.25, -0.2) is 0 Å². The normalized spacial score (nSPS) is 14.6. The summed E-state index contributed by atoms with van der Waals surface area (Å²) < 4.78 is 10.9. The Kier molecular flexibility index (Phi) is 6.36. The number of nitrogens with zero attached hydrogens (tertiary/aromatic N) is 2. The highest BCUT2D eigenvalue weighted by atomic mass is 16.5. The second-order valence-corrected chi connectivity index (χ2v) is 6.34. The molecule has 142 valence electrons. The van der Waals surface area contributed by atoms with E-state index >= 15 is 0 Å². The van der Waals surface area contributed by atoms with E-state index in [1.165, 1.54) is 11.1 Å². The van der Waals surface area contributed by atoms with Gasteiger partial charge < -0.3 is 19.7 Å². The molecule has 3 rings (SSSR count). The van der Waals surface area contributed by atoms with Crippen LogP contribution in [0.2, 0.25) is 0 Å². The number of benzene rings is 2. The van der Waals surface area contributed by atoms with Gasteiger partial charge in [0.05, 0.1) is 14.2 Å². The Hall–Kier alpha value is -2.95. The molecule has 0 aliphatic carbocycles. The lowest BCUT2D eigenvalue weighted by molar-refractivity contribution is 0.351. The molecular weight excluding hydrogens is 338 g/mol. The first-order valence-corrected chi connectivity index (χ1v) is 9.16. The molecule has 1 aliphatic heterocycles. The van der Waals surface area contributed by atoms with E-state index in [0.717, 1.165) is 42.5 Å². The molecule has 0 amide bonds. The standard InChI is InChI=1S/C22H27N3O2/c1-23-22(24-16-19-10-7-11-20(26-2)21(19)27-3)25-14-12-18(13-15-25)17-8-5-4-6-9-17/h4-12H,13-16H2,1-3H3,(H,23,24). The van der Waals surface area contributed by atoms with Crippen LogP contribution in [0.25, 0.3) is 5.57 Å². The van der Waals surface area contributed by atoms with Crippen molar-refractivity contribution < 1.29 is 9.47 Å². The van der Waals surface area contributed by atoms with Gasteiger partial charge in [-0.2, -0.15) is 0 Å². The van der Waals surface area contributed by atoms with E-state index in [9.17, 15) is 0 Å². The minimum Gasteiger partial charge on any atom is -0.493 e. The van der Waals surface area contributed by atoms with Crippen molar-refractivity contribution in [2.45, 2.75) is 13.0 Å². The average Bonchev–Trinajstić information content (AvgIpc) is 2.75. The van der Waals surface area contributed by atoms with Crippen molar-refractivity contribution in [2.24, 2.45) is 4.99 Å². The summed E-state index contributed by atoms with van der Waals surface area (Å²) >= 11 is 0. The highest BCUT2D eigenvalue weighted by molar-refractivity contribution is 5.81. The van der Waals surface area contributed by atoms with Crippen LogP contribution in [0.15, 0.2) is 59.6 Å². The van der Waals surface area contributed by atoms with Gasteiger partial charge in [0.25, 0.3) is 0 Å². The fourth-order valence-electron chi connectivity index (χ4n) is 3.38. The SMILES string of the molecule is CN=C(NCc1cccc(OC)c1OC)N1CC=C(c2ccccc2)CC1. The maximum Gasteiger partial charge on any atom is 0.194 e. The second kappa shape index (κ2) is 9.12. The van der Waals surface area contributed by atoms with E-state index in [0.29, 0.717) is 6.54 Å². The lowest BCUT2D eigenvalue weighted by Crippen LogP contribution is -2.43. The summed E-state index contributed by atoms with van der Waals surface area (Å²) in [7, 11) is 5.14.